The molecule has 0 amide bonds. The summed E-state index contributed by atoms with van der Waals surface area (Å²) in [5, 5.41) is 29.1. The molecule has 0 spiro atoms. The van der Waals surface area contributed by atoms with Gasteiger partial charge in [-0.2, -0.15) is 5.48 Å². The van der Waals surface area contributed by atoms with Gasteiger partial charge in [0.15, 0.2) is 0 Å². The minimum Gasteiger partial charge on any atom is -0.390 e. The molecule has 0 saturated carbocycles. The summed E-state index contributed by atoms with van der Waals surface area (Å²) in [6, 6.07) is 9.51. The number of hydrogen-bond acceptors (Lipinski definition) is 6. The lowest BCUT2D eigenvalue weighted by Gasteiger charge is -2.22. The zero-order chi connectivity index (χ0) is 15.7. The van der Waals surface area contributed by atoms with Crippen LogP contribution in [0.4, 0.5) is 0 Å². The first-order chi connectivity index (χ1) is 10.0. The topological polar surface area (TPSA) is 99.0 Å². The zero-order valence-electron chi connectivity index (χ0n) is 12.1. The summed E-state index contributed by atoms with van der Waals surface area (Å²) in [5.41, 5.74) is 3.53. The Bertz CT molecular complexity index is 417. The maximum atomic E-state index is 10.9. The van der Waals surface area contributed by atoms with E-state index in [0.717, 1.165) is 5.56 Å². The predicted octanol–water partition coefficient (Wildman–Crippen LogP) is 0.638. The second-order valence-corrected chi connectivity index (χ2v) is 6.59. The second-order valence-electron chi connectivity index (χ2n) is 4.89. The molecule has 21 heavy (non-hydrogen) atoms. The van der Waals surface area contributed by atoms with E-state index < -0.39 is 26.1 Å². The third kappa shape index (κ3) is 7.62. The van der Waals surface area contributed by atoms with Crippen LogP contribution < -0.4 is 5.48 Å². The lowest BCUT2D eigenvalue weighted by Crippen LogP contribution is -2.43. The molecule has 0 aliphatic carbocycles. The highest BCUT2D eigenvalue weighted by Crippen LogP contribution is 2.17. The van der Waals surface area contributed by atoms with Gasteiger partial charge in [0, 0.05) is 13.0 Å². The highest BCUT2D eigenvalue weighted by Gasteiger charge is 2.26. The first-order valence-corrected chi connectivity index (χ1v) is 8.71. The summed E-state index contributed by atoms with van der Waals surface area (Å²) in [4.78, 5) is 5.17. The summed E-state index contributed by atoms with van der Waals surface area (Å²) in [6.07, 6.45) is -3.05. The SMILES string of the molecule is C[P+](=O)CC[C@@H](O)[C@@H](O)[C@@H](O)CNOCc1ccccc1. The minimum atomic E-state index is -1.36. The Morgan fingerprint density at radius 2 is 1.86 bits per heavy atom. The summed E-state index contributed by atoms with van der Waals surface area (Å²) in [6.45, 7) is 1.88. The maximum Gasteiger partial charge on any atom is 0.335 e. The molecular formula is C14H23NO5P+. The Hall–Kier alpha value is -0.880. The first kappa shape index (κ1) is 18.2. The summed E-state index contributed by atoms with van der Waals surface area (Å²) < 4.78 is 10.9. The molecule has 118 valence electrons. The fourth-order valence-electron chi connectivity index (χ4n) is 1.71. The molecule has 0 fully saturated rings. The molecule has 6 nitrogen and oxygen atoms in total. The van der Waals surface area contributed by atoms with E-state index in [1.807, 2.05) is 30.3 Å². The third-order valence-electron chi connectivity index (χ3n) is 3.00. The van der Waals surface area contributed by atoms with Crippen LogP contribution in [0.3, 0.4) is 0 Å². The molecule has 1 aromatic carbocycles. The molecule has 1 rings (SSSR count). The van der Waals surface area contributed by atoms with E-state index in [0.29, 0.717) is 12.8 Å². The van der Waals surface area contributed by atoms with Gasteiger partial charge in [0.1, 0.15) is 18.9 Å². The fourth-order valence-corrected chi connectivity index (χ4v) is 2.34. The highest BCUT2D eigenvalue weighted by molar-refractivity contribution is 7.43. The zero-order valence-corrected chi connectivity index (χ0v) is 12.9. The van der Waals surface area contributed by atoms with Crippen molar-refractivity contribution >= 4 is 7.80 Å². The maximum absolute atomic E-state index is 10.9. The number of aliphatic hydroxyl groups excluding tert-OH is 3. The molecule has 0 heterocycles. The normalized spacial score (nSPS) is 16.3. The van der Waals surface area contributed by atoms with Crippen LogP contribution in [-0.4, -0.2) is 53.0 Å². The molecule has 7 heteroatoms. The molecule has 1 aromatic rings. The van der Waals surface area contributed by atoms with Crippen LogP contribution in [0.1, 0.15) is 12.0 Å². The standard InChI is InChI=1S/C14H23NO5P/c1-21(19)8-7-12(16)14(18)13(17)9-15-20-10-11-5-3-2-4-6-11/h2-6,12-18H,7-10H2,1H3/q+1/t12-,13+,14-/m1/s1. The van der Waals surface area contributed by atoms with Crippen molar-refractivity contribution in [2.24, 2.45) is 0 Å². The van der Waals surface area contributed by atoms with Crippen LogP contribution in [0, 0.1) is 0 Å². The smallest absolute Gasteiger partial charge is 0.335 e. The minimum absolute atomic E-state index is 0.0106. The largest absolute Gasteiger partial charge is 0.390 e. The van der Waals surface area contributed by atoms with Crippen LogP contribution >= 0.6 is 7.80 Å². The lowest BCUT2D eigenvalue weighted by atomic mass is 10.1. The molecule has 0 radical (unpaired) electrons. The van der Waals surface area contributed by atoms with Gasteiger partial charge in [-0.05, 0) is 5.56 Å². The van der Waals surface area contributed by atoms with Gasteiger partial charge < -0.3 is 15.3 Å². The van der Waals surface area contributed by atoms with Crippen molar-refractivity contribution in [1.29, 1.82) is 0 Å². The number of aliphatic hydroxyl groups is 3. The van der Waals surface area contributed by atoms with Crippen molar-refractivity contribution in [2.45, 2.75) is 31.3 Å². The van der Waals surface area contributed by atoms with Gasteiger partial charge in [0.25, 0.3) is 0 Å². The monoisotopic (exact) mass is 316 g/mol. The van der Waals surface area contributed by atoms with E-state index in [4.69, 9.17) is 4.84 Å². The Morgan fingerprint density at radius 3 is 2.48 bits per heavy atom. The van der Waals surface area contributed by atoms with Crippen molar-refractivity contribution in [1.82, 2.24) is 5.48 Å². The van der Waals surface area contributed by atoms with Crippen molar-refractivity contribution in [3.05, 3.63) is 35.9 Å². The molecule has 4 atom stereocenters. The average molecular weight is 316 g/mol. The number of hydrogen-bond donors (Lipinski definition) is 4. The quantitative estimate of drug-likeness (QED) is 0.287. The molecule has 0 aliphatic rings. The van der Waals surface area contributed by atoms with Gasteiger partial charge in [0.05, 0.1) is 18.8 Å². The fraction of sp³-hybridized carbons (Fsp3) is 0.571. The van der Waals surface area contributed by atoms with Gasteiger partial charge in [-0.3, -0.25) is 4.84 Å². The molecule has 0 bridgehead atoms. The van der Waals surface area contributed by atoms with E-state index in [9.17, 15) is 19.9 Å². The number of rotatable bonds is 10. The average Bonchev–Trinajstić information content (AvgIpc) is 2.49. The van der Waals surface area contributed by atoms with E-state index >= 15 is 0 Å². The van der Waals surface area contributed by atoms with Crippen LogP contribution in [-0.2, 0) is 16.0 Å². The molecule has 1 unspecified atom stereocenters. The highest BCUT2D eigenvalue weighted by atomic mass is 31.1. The van der Waals surface area contributed by atoms with Gasteiger partial charge >= 0.3 is 7.80 Å². The van der Waals surface area contributed by atoms with Crippen LogP contribution in [0.2, 0.25) is 0 Å². The van der Waals surface area contributed by atoms with Gasteiger partial charge in [-0.25, -0.2) is 0 Å². The predicted molar refractivity (Wildman–Crippen MR) is 80.3 cm³/mol. The van der Waals surface area contributed by atoms with Gasteiger partial charge in [-0.15, -0.1) is 0 Å². The van der Waals surface area contributed by atoms with E-state index in [-0.39, 0.29) is 13.0 Å². The van der Waals surface area contributed by atoms with E-state index in [1.54, 1.807) is 6.66 Å². The molecule has 0 aliphatic heterocycles. The van der Waals surface area contributed by atoms with Crippen LogP contribution in [0.25, 0.3) is 0 Å². The molecule has 0 aromatic heterocycles. The Morgan fingerprint density at radius 1 is 1.19 bits per heavy atom. The van der Waals surface area contributed by atoms with Crippen LogP contribution in [0.15, 0.2) is 30.3 Å². The second kappa shape index (κ2) is 9.95. The molecule has 4 N–H and O–H groups in total. The number of nitrogens with one attached hydrogen (secondary N) is 1. The third-order valence-corrected chi connectivity index (χ3v) is 3.89. The van der Waals surface area contributed by atoms with Crippen molar-refractivity contribution in [3.8, 4) is 0 Å². The first-order valence-electron chi connectivity index (χ1n) is 6.81. The van der Waals surface area contributed by atoms with E-state index in [2.05, 4.69) is 5.48 Å². The van der Waals surface area contributed by atoms with Gasteiger partial charge in [-0.1, -0.05) is 34.9 Å². The number of benzene rings is 1. The molecular weight excluding hydrogens is 293 g/mol. The summed E-state index contributed by atoms with van der Waals surface area (Å²) >= 11 is 0. The lowest BCUT2D eigenvalue weighted by molar-refractivity contribution is -0.0786. The Balaban J connectivity index is 2.20. The number of hydroxylamine groups is 1. The van der Waals surface area contributed by atoms with Crippen molar-refractivity contribution in [3.63, 3.8) is 0 Å². The van der Waals surface area contributed by atoms with E-state index in [1.165, 1.54) is 0 Å². The van der Waals surface area contributed by atoms with Crippen molar-refractivity contribution in [2.75, 3.05) is 19.4 Å². The molecule has 0 saturated heterocycles. The van der Waals surface area contributed by atoms with Crippen molar-refractivity contribution < 1.29 is 24.7 Å². The summed E-state index contributed by atoms with van der Waals surface area (Å²) in [7, 11) is -1.36. The Kier molecular flexibility index (Phi) is 8.61. The van der Waals surface area contributed by atoms with Gasteiger partial charge in [0.2, 0.25) is 0 Å². The van der Waals surface area contributed by atoms with Crippen LogP contribution in [0.5, 0.6) is 0 Å². The Labute approximate surface area is 125 Å². The summed E-state index contributed by atoms with van der Waals surface area (Å²) in [5.74, 6) is 0.